The number of carboxylic acids is 1. The number of allylic oxidation sites excluding steroid dienone is 1. The van der Waals surface area contributed by atoms with Gasteiger partial charge in [-0.15, -0.1) is 0 Å². The first kappa shape index (κ1) is 11.4. The van der Waals surface area contributed by atoms with Gasteiger partial charge in [-0.25, -0.2) is 0 Å². The largest absolute Gasteiger partial charge is 0.480 e. The summed E-state index contributed by atoms with van der Waals surface area (Å²) in [7, 11) is -4.55. The summed E-state index contributed by atoms with van der Waals surface area (Å²) < 4.78 is 10.5. The number of hydrogen-bond acceptors (Lipinski definition) is 2. The van der Waals surface area contributed by atoms with Gasteiger partial charge in [-0.2, -0.15) is 0 Å². The highest BCUT2D eigenvalue weighted by molar-refractivity contribution is 7.53. The van der Waals surface area contributed by atoms with E-state index in [9.17, 15) is 9.36 Å². The highest BCUT2D eigenvalue weighted by atomic mass is 31.2. The van der Waals surface area contributed by atoms with Crippen molar-refractivity contribution < 1.29 is 24.3 Å². The maximum Gasteiger partial charge on any atom is 0.343 e. The lowest BCUT2D eigenvalue weighted by atomic mass is 10.3. The average Bonchev–Trinajstić information content (AvgIpc) is 1.84. The SMILES string of the molecule is CCC=CC(C(=O)O)P(=O)(O)O. The first-order valence-corrected chi connectivity index (χ1v) is 5.02. The Labute approximate surface area is 69.9 Å². The van der Waals surface area contributed by atoms with Gasteiger partial charge >= 0.3 is 13.6 Å². The molecule has 6 heteroatoms. The third-order valence-electron chi connectivity index (χ3n) is 1.17. The van der Waals surface area contributed by atoms with Gasteiger partial charge in [0.2, 0.25) is 0 Å². The van der Waals surface area contributed by atoms with E-state index in [1.165, 1.54) is 6.08 Å². The maximum absolute atomic E-state index is 10.5. The molecule has 0 heterocycles. The van der Waals surface area contributed by atoms with Crippen LogP contribution in [0.5, 0.6) is 0 Å². The second-order valence-corrected chi connectivity index (χ2v) is 3.94. The average molecular weight is 194 g/mol. The molecule has 0 aliphatic heterocycles. The smallest absolute Gasteiger partial charge is 0.343 e. The molecule has 0 aromatic rings. The Hall–Kier alpha value is -0.640. The Balaban J connectivity index is 4.58. The normalized spacial score (nSPS) is 14.9. The molecule has 0 fully saturated rings. The molecule has 70 valence electrons. The summed E-state index contributed by atoms with van der Waals surface area (Å²) in [6.45, 7) is 1.75. The molecule has 0 saturated carbocycles. The summed E-state index contributed by atoms with van der Waals surface area (Å²) in [4.78, 5) is 27.4. The van der Waals surface area contributed by atoms with Crippen molar-refractivity contribution in [3.63, 3.8) is 0 Å². The zero-order valence-corrected chi connectivity index (χ0v) is 7.44. The zero-order valence-electron chi connectivity index (χ0n) is 6.54. The van der Waals surface area contributed by atoms with E-state index in [0.29, 0.717) is 6.42 Å². The summed E-state index contributed by atoms with van der Waals surface area (Å²) >= 11 is 0. The molecule has 1 unspecified atom stereocenters. The second kappa shape index (κ2) is 4.40. The van der Waals surface area contributed by atoms with Gasteiger partial charge in [-0.05, 0) is 6.42 Å². The molecular weight excluding hydrogens is 183 g/mol. The van der Waals surface area contributed by atoms with Crippen LogP contribution in [0.15, 0.2) is 12.2 Å². The summed E-state index contributed by atoms with van der Waals surface area (Å²) in [5.74, 6) is -1.51. The first-order valence-electron chi connectivity index (χ1n) is 3.34. The fourth-order valence-corrected chi connectivity index (χ4v) is 1.24. The van der Waals surface area contributed by atoms with Crippen LogP contribution in [-0.2, 0) is 9.36 Å². The quantitative estimate of drug-likeness (QED) is 0.449. The second-order valence-electron chi connectivity index (χ2n) is 2.21. The number of carboxylic acid groups (broad SMARTS) is 1. The summed E-state index contributed by atoms with van der Waals surface area (Å²) in [6.07, 6.45) is 2.98. The van der Waals surface area contributed by atoms with Crippen molar-refractivity contribution in [2.45, 2.75) is 19.0 Å². The molecule has 3 N–H and O–H groups in total. The van der Waals surface area contributed by atoms with Gasteiger partial charge in [0.05, 0.1) is 0 Å². The predicted molar refractivity (Wildman–Crippen MR) is 42.9 cm³/mol. The van der Waals surface area contributed by atoms with Crippen molar-refractivity contribution in [3.05, 3.63) is 12.2 Å². The number of aliphatic carboxylic acids is 1. The van der Waals surface area contributed by atoms with Gasteiger partial charge in [0.25, 0.3) is 0 Å². The van der Waals surface area contributed by atoms with Crippen LogP contribution in [0.2, 0.25) is 0 Å². The first-order chi connectivity index (χ1) is 5.39. The van der Waals surface area contributed by atoms with E-state index < -0.39 is 19.2 Å². The van der Waals surface area contributed by atoms with E-state index in [1.54, 1.807) is 6.92 Å². The van der Waals surface area contributed by atoms with Crippen LogP contribution < -0.4 is 0 Å². The molecule has 12 heavy (non-hydrogen) atoms. The van der Waals surface area contributed by atoms with E-state index in [4.69, 9.17) is 14.9 Å². The minimum atomic E-state index is -4.55. The van der Waals surface area contributed by atoms with E-state index in [-0.39, 0.29) is 0 Å². The minimum Gasteiger partial charge on any atom is -0.480 e. The fourth-order valence-electron chi connectivity index (χ4n) is 0.603. The van der Waals surface area contributed by atoms with Crippen molar-refractivity contribution in [1.29, 1.82) is 0 Å². The molecule has 0 aromatic carbocycles. The highest BCUT2D eigenvalue weighted by Crippen LogP contribution is 2.41. The molecule has 0 aliphatic carbocycles. The molecule has 0 amide bonds. The van der Waals surface area contributed by atoms with Crippen molar-refractivity contribution in [2.24, 2.45) is 0 Å². The van der Waals surface area contributed by atoms with Gasteiger partial charge in [-0.1, -0.05) is 19.1 Å². The van der Waals surface area contributed by atoms with Crippen LogP contribution in [0, 0.1) is 0 Å². The van der Waals surface area contributed by atoms with Crippen LogP contribution in [-0.4, -0.2) is 26.5 Å². The molecular formula is C6H11O5P. The third kappa shape index (κ3) is 3.67. The number of carbonyl (C=O) groups is 1. The lowest BCUT2D eigenvalue weighted by molar-refractivity contribution is -0.135. The van der Waals surface area contributed by atoms with Crippen molar-refractivity contribution in [2.75, 3.05) is 0 Å². The van der Waals surface area contributed by atoms with Gasteiger partial charge in [-0.3, -0.25) is 9.36 Å². The Bertz CT molecular complexity index is 228. The number of hydrogen-bond donors (Lipinski definition) is 3. The van der Waals surface area contributed by atoms with E-state index >= 15 is 0 Å². The van der Waals surface area contributed by atoms with Gasteiger partial charge in [0.15, 0.2) is 5.66 Å². The van der Waals surface area contributed by atoms with Crippen molar-refractivity contribution in [1.82, 2.24) is 0 Å². The Morgan fingerprint density at radius 2 is 2.08 bits per heavy atom. The molecule has 0 spiro atoms. The van der Waals surface area contributed by atoms with Crippen LogP contribution in [0.4, 0.5) is 0 Å². The Morgan fingerprint density at radius 1 is 1.58 bits per heavy atom. The summed E-state index contributed by atoms with van der Waals surface area (Å²) in [6, 6.07) is 0. The molecule has 0 bridgehead atoms. The third-order valence-corrected chi connectivity index (χ3v) is 2.29. The zero-order chi connectivity index (χ0) is 9.78. The van der Waals surface area contributed by atoms with E-state index in [2.05, 4.69) is 0 Å². The maximum atomic E-state index is 10.5. The fraction of sp³-hybridized carbons (Fsp3) is 0.500. The van der Waals surface area contributed by atoms with Crippen molar-refractivity contribution >= 4 is 13.6 Å². The van der Waals surface area contributed by atoms with Gasteiger partial charge in [0.1, 0.15) is 0 Å². The summed E-state index contributed by atoms with van der Waals surface area (Å²) in [5, 5.41) is 8.39. The number of rotatable bonds is 4. The Morgan fingerprint density at radius 3 is 2.33 bits per heavy atom. The predicted octanol–water partition coefficient (Wildman–Crippen LogP) is 0.583. The van der Waals surface area contributed by atoms with Crippen LogP contribution in [0.1, 0.15) is 13.3 Å². The Kier molecular flexibility index (Phi) is 4.17. The van der Waals surface area contributed by atoms with E-state index in [0.717, 1.165) is 6.08 Å². The van der Waals surface area contributed by atoms with Gasteiger partial charge < -0.3 is 14.9 Å². The van der Waals surface area contributed by atoms with E-state index in [1.807, 2.05) is 0 Å². The lowest BCUT2D eigenvalue weighted by Crippen LogP contribution is -2.17. The lowest BCUT2D eigenvalue weighted by Gasteiger charge is -2.08. The summed E-state index contributed by atoms with van der Waals surface area (Å²) in [5.41, 5.74) is -1.71. The van der Waals surface area contributed by atoms with Crippen molar-refractivity contribution in [3.8, 4) is 0 Å². The monoisotopic (exact) mass is 194 g/mol. The molecule has 1 atom stereocenters. The highest BCUT2D eigenvalue weighted by Gasteiger charge is 2.32. The standard InChI is InChI=1S/C6H11O5P/c1-2-3-4-5(6(7)8)12(9,10)11/h3-5H,2H2,1H3,(H,7,8)(H2,9,10,11). The minimum absolute atomic E-state index is 0.545. The molecule has 0 saturated heterocycles. The molecule has 0 aromatic heterocycles. The molecule has 0 radical (unpaired) electrons. The molecule has 5 nitrogen and oxygen atoms in total. The van der Waals surface area contributed by atoms with Crippen LogP contribution in [0.3, 0.4) is 0 Å². The topological polar surface area (TPSA) is 94.8 Å². The van der Waals surface area contributed by atoms with Crippen LogP contribution >= 0.6 is 7.60 Å². The molecule has 0 aliphatic rings. The van der Waals surface area contributed by atoms with Crippen LogP contribution in [0.25, 0.3) is 0 Å². The van der Waals surface area contributed by atoms with Gasteiger partial charge in [0, 0.05) is 0 Å². The molecule has 0 rings (SSSR count).